The van der Waals surface area contributed by atoms with Gasteiger partial charge < -0.3 is 15.0 Å². The average molecular weight is 371 g/mol. The van der Waals surface area contributed by atoms with E-state index in [0.717, 1.165) is 30.6 Å². The molecule has 7 nitrogen and oxygen atoms in total. The Kier molecular flexibility index (Phi) is 4.53. The lowest BCUT2D eigenvalue weighted by atomic mass is 9.84. The Bertz CT molecular complexity index is 774. The standard InChI is InChI=1S/C20H25N3O4/c1-22(14-7-3-2-4-8-14)17(24)13-23-18(25)20(21-19(23)26)11-12-27-16-10-6-5-9-15(16)20/h5-6,9-10,14H,2-4,7-8,11-13H2,1H3,(H,21,26)/t20-/m1/s1. The highest BCUT2D eigenvalue weighted by Crippen LogP contribution is 2.40. The minimum Gasteiger partial charge on any atom is -0.493 e. The molecule has 1 aliphatic carbocycles. The van der Waals surface area contributed by atoms with Crippen LogP contribution in [-0.4, -0.2) is 53.9 Å². The number of para-hydroxylation sites is 1. The van der Waals surface area contributed by atoms with E-state index in [9.17, 15) is 14.4 Å². The number of fused-ring (bicyclic) bond motifs is 2. The number of ether oxygens (including phenoxy) is 1. The molecule has 2 heterocycles. The van der Waals surface area contributed by atoms with Crippen LogP contribution in [0.2, 0.25) is 0 Å². The quantitative estimate of drug-likeness (QED) is 0.825. The van der Waals surface area contributed by atoms with Crippen molar-refractivity contribution in [2.45, 2.75) is 50.1 Å². The van der Waals surface area contributed by atoms with E-state index in [1.807, 2.05) is 12.1 Å². The minimum absolute atomic E-state index is 0.192. The van der Waals surface area contributed by atoms with Crippen molar-refractivity contribution in [3.63, 3.8) is 0 Å². The zero-order valence-corrected chi connectivity index (χ0v) is 15.6. The van der Waals surface area contributed by atoms with Gasteiger partial charge in [-0.3, -0.25) is 14.5 Å². The number of benzene rings is 1. The average Bonchev–Trinajstić information content (AvgIpc) is 2.93. The summed E-state index contributed by atoms with van der Waals surface area (Å²) in [5.74, 6) is 0.0429. The molecule has 2 aliphatic heterocycles. The minimum atomic E-state index is -1.13. The monoisotopic (exact) mass is 371 g/mol. The van der Waals surface area contributed by atoms with Crippen molar-refractivity contribution < 1.29 is 19.1 Å². The van der Waals surface area contributed by atoms with Crippen LogP contribution in [0.3, 0.4) is 0 Å². The number of carbonyl (C=O) groups excluding carboxylic acids is 3. The van der Waals surface area contributed by atoms with Crippen molar-refractivity contribution in [2.75, 3.05) is 20.2 Å². The number of urea groups is 1. The summed E-state index contributed by atoms with van der Waals surface area (Å²) in [6.07, 6.45) is 5.76. The topological polar surface area (TPSA) is 79.0 Å². The van der Waals surface area contributed by atoms with E-state index in [2.05, 4.69) is 5.32 Å². The van der Waals surface area contributed by atoms with Gasteiger partial charge in [0, 0.05) is 25.1 Å². The Labute approximate surface area is 158 Å². The SMILES string of the molecule is CN(C(=O)CN1C(=O)N[C@@]2(CCOc3ccccc32)C1=O)C1CCCCC1. The molecule has 2 fully saturated rings. The van der Waals surface area contributed by atoms with Gasteiger partial charge in [0.2, 0.25) is 5.91 Å². The molecule has 1 spiro atoms. The van der Waals surface area contributed by atoms with Gasteiger partial charge in [0.05, 0.1) is 6.61 Å². The Hall–Kier alpha value is -2.57. The van der Waals surface area contributed by atoms with Crippen LogP contribution in [0.5, 0.6) is 5.75 Å². The Balaban J connectivity index is 1.53. The number of hydrogen-bond acceptors (Lipinski definition) is 4. The van der Waals surface area contributed by atoms with E-state index < -0.39 is 11.6 Å². The van der Waals surface area contributed by atoms with Gasteiger partial charge in [-0.05, 0) is 18.9 Å². The summed E-state index contributed by atoms with van der Waals surface area (Å²) in [6, 6.07) is 6.93. The second-order valence-electron chi connectivity index (χ2n) is 7.62. The van der Waals surface area contributed by atoms with Crippen LogP contribution in [-0.2, 0) is 15.1 Å². The fourth-order valence-corrected chi connectivity index (χ4v) is 4.43. The molecule has 0 unspecified atom stereocenters. The third-order valence-corrected chi connectivity index (χ3v) is 6.07. The molecular weight excluding hydrogens is 346 g/mol. The van der Waals surface area contributed by atoms with E-state index >= 15 is 0 Å². The van der Waals surface area contributed by atoms with Crippen molar-refractivity contribution >= 4 is 17.8 Å². The number of rotatable bonds is 3. The van der Waals surface area contributed by atoms with Crippen LogP contribution in [0.15, 0.2) is 24.3 Å². The molecule has 7 heteroatoms. The van der Waals surface area contributed by atoms with Crippen molar-refractivity contribution in [1.82, 2.24) is 15.1 Å². The summed E-state index contributed by atoms with van der Waals surface area (Å²) >= 11 is 0. The molecule has 144 valence electrons. The maximum absolute atomic E-state index is 13.2. The molecule has 1 saturated heterocycles. The van der Waals surface area contributed by atoms with Gasteiger partial charge in [0.15, 0.2) is 5.54 Å². The number of amides is 4. The van der Waals surface area contributed by atoms with Gasteiger partial charge in [-0.15, -0.1) is 0 Å². The number of carbonyl (C=O) groups is 3. The number of nitrogens with one attached hydrogen (secondary N) is 1. The molecule has 27 heavy (non-hydrogen) atoms. The summed E-state index contributed by atoms with van der Waals surface area (Å²) in [4.78, 5) is 41.3. The molecule has 1 atom stereocenters. The Morgan fingerprint density at radius 1 is 1.26 bits per heavy atom. The van der Waals surface area contributed by atoms with Crippen molar-refractivity contribution in [2.24, 2.45) is 0 Å². The van der Waals surface area contributed by atoms with Gasteiger partial charge in [-0.1, -0.05) is 37.5 Å². The van der Waals surface area contributed by atoms with Crippen LogP contribution in [0.4, 0.5) is 4.79 Å². The summed E-state index contributed by atoms with van der Waals surface area (Å²) in [6.45, 7) is 0.120. The molecule has 3 aliphatic rings. The van der Waals surface area contributed by atoms with Gasteiger partial charge in [-0.2, -0.15) is 0 Å². The number of hydrogen-bond donors (Lipinski definition) is 1. The summed E-state index contributed by atoms with van der Waals surface area (Å²) < 4.78 is 5.63. The van der Waals surface area contributed by atoms with Crippen LogP contribution in [0, 0.1) is 0 Å². The zero-order chi connectivity index (χ0) is 19.0. The van der Waals surface area contributed by atoms with Crippen LogP contribution >= 0.6 is 0 Å². The predicted octanol–water partition coefficient (Wildman–Crippen LogP) is 2.01. The van der Waals surface area contributed by atoms with Gasteiger partial charge in [-0.25, -0.2) is 4.79 Å². The maximum Gasteiger partial charge on any atom is 0.325 e. The molecule has 1 saturated carbocycles. The third-order valence-electron chi connectivity index (χ3n) is 6.07. The lowest BCUT2D eigenvalue weighted by Gasteiger charge is -2.33. The fourth-order valence-electron chi connectivity index (χ4n) is 4.43. The predicted molar refractivity (Wildman–Crippen MR) is 98.1 cm³/mol. The Morgan fingerprint density at radius 2 is 2.00 bits per heavy atom. The van der Waals surface area contributed by atoms with Gasteiger partial charge >= 0.3 is 6.03 Å². The zero-order valence-electron chi connectivity index (χ0n) is 15.6. The summed E-state index contributed by atoms with van der Waals surface area (Å²) in [5, 5.41) is 2.84. The van der Waals surface area contributed by atoms with Gasteiger partial charge in [0.1, 0.15) is 12.3 Å². The van der Waals surface area contributed by atoms with Crippen LogP contribution in [0.25, 0.3) is 0 Å². The highest BCUT2D eigenvalue weighted by molar-refractivity contribution is 6.09. The molecule has 0 aromatic heterocycles. The van der Waals surface area contributed by atoms with E-state index in [1.165, 1.54) is 6.42 Å². The van der Waals surface area contributed by atoms with Crippen molar-refractivity contribution in [3.05, 3.63) is 29.8 Å². The maximum atomic E-state index is 13.2. The van der Waals surface area contributed by atoms with E-state index in [4.69, 9.17) is 4.74 Å². The third kappa shape index (κ3) is 2.95. The van der Waals surface area contributed by atoms with Crippen molar-refractivity contribution in [1.29, 1.82) is 0 Å². The van der Waals surface area contributed by atoms with Crippen molar-refractivity contribution in [3.8, 4) is 5.75 Å². The number of imide groups is 1. The molecule has 1 aromatic carbocycles. The van der Waals surface area contributed by atoms with Crippen LogP contribution in [0.1, 0.15) is 44.1 Å². The lowest BCUT2D eigenvalue weighted by Crippen LogP contribution is -2.49. The first kappa shape index (κ1) is 17.8. The normalized spacial score (nSPS) is 25.1. The molecule has 1 aromatic rings. The second kappa shape index (κ2) is 6.87. The highest BCUT2D eigenvalue weighted by atomic mass is 16.5. The summed E-state index contributed by atoms with van der Waals surface area (Å²) in [5.41, 5.74) is -0.472. The molecule has 1 N–H and O–H groups in total. The molecule has 0 bridgehead atoms. The first-order valence-corrected chi connectivity index (χ1v) is 9.65. The first-order valence-electron chi connectivity index (χ1n) is 9.65. The smallest absolute Gasteiger partial charge is 0.325 e. The second-order valence-corrected chi connectivity index (χ2v) is 7.62. The fraction of sp³-hybridized carbons (Fsp3) is 0.550. The molecule has 0 radical (unpaired) electrons. The van der Waals surface area contributed by atoms with E-state index in [0.29, 0.717) is 24.3 Å². The highest BCUT2D eigenvalue weighted by Gasteiger charge is 2.55. The van der Waals surface area contributed by atoms with Crippen LogP contribution < -0.4 is 10.1 Å². The Morgan fingerprint density at radius 3 is 2.78 bits per heavy atom. The van der Waals surface area contributed by atoms with E-state index in [1.54, 1.807) is 24.1 Å². The lowest BCUT2D eigenvalue weighted by molar-refractivity contribution is -0.140. The van der Waals surface area contributed by atoms with Gasteiger partial charge in [0.25, 0.3) is 5.91 Å². The summed E-state index contributed by atoms with van der Waals surface area (Å²) in [7, 11) is 1.77. The molecule has 4 rings (SSSR count). The first-order chi connectivity index (χ1) is 13.0. The number of likely N-dealkylation sites (N-methyl/N-ethyl adjacent to an activating group) is 1. The van der Waals surface area contributed by atoms with E-state index in [-0.39, 0.29) is 24.4 Å². The largest absolute Gasteiger partial charge is 0.493 e. The molecule has 4 amide bonds. The number of nitrogens with zero attached hydrogens (tertiary/aromatic N) is 2. The molecular formula is C20H25N3O4.